The predicted octanol–water partition coefficient (Wildman–Crippen LogP) is 0.0699. The van der Waals surface area contributed by atoms with E-state index in [-0.39, 0.29) is 0 Å². The van der Waals surface area contributed by atoms with Crippen molar-refractivity contribution in [3.63, 3.8) is 0 Å². The van der Waals surface area contributed by atoms with Crippen LogP contribution in [0.5, 0.6) is 0 Å². The molecule has 0 saturated carbocycles. The highest BCUT2D eigenvalue weighted by Crippen LogP contribution is 2.36. The van der Waals surface area contributed by atoms with Gasteiger partial charge in [0.1, 0.15) is 24.4 Å². The highest BCUT2D eigenvalue weighted by Gasteiger charge is 2.52. The van der Waals surface area contributed by atoms with Crippen LogP contribution in [0, 0.1) is 0 Å². The first-order valence-electron chi connectivity index (χ1n) is 6.27. The quantitative estimate of drug-likeness (QED) is 0.751. The molecule has 0 bridgehead atoms. The number of carbonyl (C=O) groups is 1. The zero-order valence-electron chi connectivity index (χ0n) is 11.6. The van der Waals surface area contributed by atoms with Gasteiger partial charge in [-0.15, -0.1) is 0 Å². The first kappa shape index (κ1) is 14.7. The second kappa shape index (κ2) is 4.68. The van der Waals surface area contributed by atoms with Gasteiger partial charge in [0.15, 0.2) is 11.6 Å². The van der Waals surface area contributed by atoms with Gasteiger partial charge in [-0.3, -0.25) is 4.79 Å². The molecule has 2 fully saturated rings. The lowest BCUT2D eigenvalue weighted by atomic mass is 10.0. The van der Waals surface area contributed by atoms with Gasteiger partial charge in [-0.1, -0.05) is 0 Å². The third-order valence-electron chi connectivity index (χ3n) is 3.20. The summed E-state index contributed by atoms with van der Waals surface area (Å²) in [4.78, 5) is 11.1. The topological polar surface area (TPSA) is 100 Å². The number of nitrogens with two attached hydrogens (primary N) is 1. The van der Waals surface area contributed by atoms with Crippen LogP contribution in [-0.2, 0) is 23.7 Å². The number of hydrogen-bond donors (Lipinski definition) is 2. The number of ether oxygens (including phenoxy) is 4. The van der Waals surface area contributed by atoms with Crippen LogP contribution >= 0.6 is 0 Å². The molecule has 19 heavy (non-hydrogen) atoms. The third-order valence-corrected chi connectivity index (χ3v) is 3.20. The Morgan fingerprint density at radius 1 is 1.21 bits per heavy atom. The molecule has 0 radical (unpaired) electrons. The van der Waals surface area contributed by atoms with Gasteiger partial charge >= 0.3 is 5.97 Å². The molecule has 7 heteroatoms. The number of carboxylic acid groups (broad SMARTS) is 1. The van der Waals surface area contributed by atoms with Gasteiger partial charge in [-0.2, -0.15) is 0 Å². The number of hydrogen-bond acceptors (Lipinski definition) is 6. The fourth-order valence-electron chi connectivity index (χ4n) is 2.40. The summed E-state index contributed by atoms with van der Waals surface area (Å²) >= 11 is 0. The van der Waals surface area contributed by atoms with E-state index in [1.165, 1.54) is 0 Å². The van der Waals surface area contributed by atoms with E-state index in [1.807, 2.05) is 0 Å². The summed E-state index contributed by atoms with van der Waals surface area (Å²) in [5, 5.41) is 9.04. The van der Waals surface area contributed by atoms with Crippen molar-refractivity contribution < 1.29 is 28.8 Å². The molecule has 2 aliphatic rings. The van der Waals surface area contributed by atoms with E-state index in [0.717, 1.165) is 0 Å². The van der Waals surface area contributed by atoms with Gasteiger partial charge < -0.3 is 29.8 Å². The molecule has 0 amide bonds. The Hall–Kier alpha value is -0.730. The molecular formula is C12H21NO6. The van der Waals surface area contributed by atoms with Crippen LogP contribution in [0.1, 0.15) is 27.7 Å². The minimum absolute atomic E-state index is 0.319. The van der Waals surface area contributed by atoms with Crippen LogP contribution in [0.3, 0.4) is 0 Å². The molecule has 2 saturated heterocycles. The Labute approximate surface area is 111 Å². The van der Waals surface area contributed by atoms with E-state index in [0.29, 0.717) is 6.61 Å². The molecular weight excluding hydrogens is 254 g/mol. The van der Waals surface area contributed by atoms with Crippen molar-refractivity contribution in [1.82, 2.24) is 0 Å². The average molecular weight is 275 g/mol. The summed E-state index contributed by atoms with van der Waals surface area (Å²) < 4.78 is 22.5. The number of rotatable bonds is 3. The summed E-state index contributed by atoms with van der Waals surface area (Å²) in [6, 6.07) is -1.17. The molecule has 0 aromatic rings. The Bertz CT molecular complexity index is 369. The summed E-state index contributed by atoms with van der Waals surface area (Å²) in [7, 11) is 0. The molecule has 0 spiro atoms. The molecule has 110 valence electrons. The van der Waals surface area contributed by atoms with Crippen molar-refractivity contribution in [2.24, 2.45) is 5.73 Å². The summed E-state index contributed by atoms with van der Waals surface area (Å²) in [6.07, 6.45) is -1.73. The fourth-order valence-corrected chi connectivity index (χ4v) is 2.40. The number of carboxylic acids is 1. The van der Waals surface area contributed by atoms with Gasteiger partial charge in [-0.25, -0.2) is 0 Å². The molecule has 0 aliphatic carbocycles. The van der Waals surface area contributed by atoms with Crippen LogP contribution in [0.25, 0.3) is 0 Å². The molecule has 7 nitrogen and oxygen atoms in total. The average Bonchev–Trinajstić information content (AvgIpc) is 2.77. The van der Waals surface area contributed by atoms with Crippen molar-refractivity contribution in [2.75, 3.05) is 6.61 Å². The Morgan fingerprint density at radius 3 is 2.32 bits per heavy atom. The molecule has 0 aromatic carbocycles. The maximum atomic E-state index is 11.1. The van der Waals surface area contributed by atoms with E-state index in [2.05, 4.69) is 0 Å². The minimum atomic E-state index is -1.17. The zero-order chi connectivity index (χ0) is 14.4. The number of aliphatic carboxylic acids is 1. The molecule has 2 aliphatic heterocycles. The highest BCUT2D eigenvalue weighted by molar-refractivity contribution is 5.74. The van der Waals surface area contributed by atoms with Gasteiger partial charge in [-0.05, 0) is 27.7 Å². The van der Waals surface area contributed by atoms with Crippen LogP contribution < -0.4 is 5.73 Å². The first-order chi connectivity index (χ1) is 8.61. The summed E-state index contributed by atoms with van der Waals surface area (Å²) in [5.74, 6) is -2.73. The largest absolute Gasteiger partial charge is 0.480 e. The van der Waals surface area contributed by atoms with Crippen LogP contribution in [-0.4, -0.2) is 53.6 Å². The summed E-state index contributed by atoms with van der Waals surface area (Å²) in [5.41, 5.74) is 5.67. The Kier molecular flexibility index (Phi) is 3.61. The lowest BCUT2D eigenvalue weighted by Crippen LogP contribution is -2.51. The van der Waals surface area contributed by atoms with E-state index in [1.54, 1.807) is 27.7 Å². The SMILES string of the molecule is CC1(C)O[C@H]([C@H](N)C(=O)O)[C@@H]([C@H]2COC(C)(C)O2)O1. The maximum absolute atomic E-state index is 11.1. The predicted molar refractivity (Wildman–Crippen MR) is 64.3 cm³/mol. The molecule has 4 atom stereocenters. The van der Waals surface area contributed by atoms with Gasteiger partial charge in [0.05, 0.1) is 6.61 Å². The van der Waals surface area contributed by atoms with Gasteiger partial charge in [0.2, 0.25) is 0 Å². The smallest absolute Gasteiger partial charge is 0.323 e. The fraction of sp³-hybridized carbons (Fsp3) is 0.917. The molecule has 0 unspecified atom stereocenters. The standard InChI is InChI=1S/C12H21NO6/c1-11(2)16-5-6(17-11)8-9(7(13)10(14)15)19-12(3,4)18-8/h6-9H,5,13H2,1-4H3,(H,14,15)/t6-,7+,8-,9-/m1/s1. The third kappa shape index (κ3) is 3.06. The zero-order valence-corrected chi connectivity index (χ0v) is 11.6. The second-order valence-electron chi connectivity index (χ2n) is 5.80. The van der Waals surface area contributed by atoms with E-state index >= 15 is 0 Å². The van der Waals surface area contributed by atoms with Gasteiger partial charge in [0.25, 0.3) is 0 Å². The van der Waals surface area contributed by atoms with Crippen LogP contribution in [0.2, 0.25) is 0 Å². The first-order valence-corrected chi connectivity index (χ1v) is 6.27. The van der Waals surface area contributed by atoms with Crippen LogP contribution in [0.15, 0.2) is 0 Å². The van der Waals surface area contributed by atoms with E-state index in [4.69, 9.17) is 29.8 Å². The lowest BCUT2D eigenvalue weighted by molar-refractivity contribution is -0.175. The highest BCUT2D eigenvalue weighted by atomic mass is 16.8. The summed E-state index contributed by atoms with van der Waals surface area (Å²) in [6.45, 7) is 7.34. The molecule has 0 aromatic heterocycles. The van der Waals surface area contributed by atoms with Crippen LogP contribution in [0.4, 0.5) is 0 Å². The van der Waals surface area contributed by atoms with E-state index < -0.39 is 41.9 Å². The molecule has 3 N–H and O–H groups in total. The Morgan fingerprint density at radius 2 is 1.84 bits per heavy atom. The molecule has 2 rings (SSSR count). The lowest BCUT2D eigenvalue weighted by Gasteiger charge is -2.25. The second-order valence-corrected chi connectivity index (χ2v) is 5.80. The van der Waals surface area contributed by atoms with Crippen molar-refractivity contribution in [3.05, 3.63) is 0 Å². The van der Waals surface area contributed by atoms with Gasteiger partial charge in [0, 0.05) is 0 Å². The Balaban J connectivity index is 2.15. The maximum Gasteiger partial charge on any atom is 0.323 e. The minimum Gasteiger partial charge on any atom is -0.480 e. The monoisotopic (exact) mass is 275 g/mol. The van der Waals surface area contributed by atoms with Crippen molar-refractivity contribution in [2.45, 2.75) is 63.6 Å². The normalized spacial score (nSPS) is 38.3. The molecule has 2 heterocycles. The van der Waals surface area contributed by atoms with Crippen molar-refractivity contribution >= 4 is 5.97 Å². The van der Waals surface area contributed by atoms with Crippen molar-refractivity contribution in [1.29, 1.82) is 0 Å². The van der Waals surface area contributed by atoms with E-state index in [9.17, 15) is 4.79 Å². The van der Waals surface area contributed by atoms with Crippen molar-refractivity contribution in [3.8, 4) is 0 Å².